The minimum absolute atomic E-state index is 0.00314. The number of benzene rings is 1. The quantitative estimate of drug-likeness (QED) is 0.813. The summed E-state index contributed by atoms with van der Waals surface area (Å²) in [5.41, 5.74) is 2.65. The number of ether oxygens (including phenoxy) is 1. The Balaban J connectivity index is 2.57. The SMILES string of the molecule is CC(C)(C)C1=C(c2cccc(B(O)O)c2)OCC1(C)C. The summed E-state index contributed by atoms with van der Waals surface area (Å²) in [6, 6.07) is 7.26. The molecule has 1 aromatic carbocycles. The Morgan fingerprint density at radius 3 is 2.40 bits per heavy atom. The predicted molar refractivity (Wildman–Crippen MR) is 82.4 cm³/mol. The lowest BCUT2D eigenvalue weighted by molar-refractivity contribution is 0.213. The first-order valence-corrected chi connectivity index (χ1v) is 6.97. The van der Waals surface area contributed by atoms with E-state index in [1.54, 1.807) is 12.1 Å². The lowest BCUT2D eigenvalue weighted by atomic mass is 9.71. The first kappa shape index (κ1) is 15.1. The maximum atomic E-state index is 9.32. The van der Waals surface area contributed by atoms with Gasteiger partial charge in [0, 0.05) is 11.0 Å². The molecule has 0 amide bonds. The Morgan fingerprint density at radius 2 is 1.85 bits per heavy atom. The Hall–Kier alpha value is -1.26. The fraction of sp³-hybridized carbons (Fsp3) is 0.500. The highest BCUT2D eigenvalue weighted by Gasteiger charge is 2.41. The number of hydrogen-bond acceptors (Lipinski definition) is 3. The molecular formula is C16H23BO3. The fourth-order valence-electron chi connectivity index (χ4n) is 3.13. The highest BCUT2D eigenvalue weighted by Crippen LogP contribution is 2.49. The van der Waals surface area contributed by atoms with Gasteiger partial charge >= 0.3 is 7.12 Å². The zero-order chi connectivity index (χ0) is 15.1. The van der Waals surface area contributed by atoms with Crippen LogP contribution in [0.25, 0.3) is 5.76 Å². The van der Waals surface area contributed by atoms with Gasteiger partial charge in [-0.2, -0.15) is 0 Å². The van der Waals surface area contributed by atoms with Crippen LogP contribution in [0.4, 0.5) is 0 Å². The van der Waals surface area contributed by atoms with Crippen molar-refractivity contribution in [3.8, 4) is 0 Å². The molecule has 3 nitrogen and oxygen atoms in total. The van der Waals surface area contributed by atoms with Gasteiger partial charge in [0.2, 0.25) is 0 Å². The van der Waals surface area contributed by atoms with Crippen LogP contribution in [-0.4, -0.2) is 23.8 Å². The maximum Gasteiger partial charge on any atom is 0.488 e. The monoisotopic (exact) mass is 274 g/mol. The summed E-state index contributed by atoms with van der Waals surface area (Å²) >= 11 is 0. The summed E-state index contributed by atoms with van der Waals surface area (Å²) < 4.78 is 5.94. The van der Waals surface area contributed by atoms with Crippen LogP contribution >= 0.6 is 0 Å². The third kappa shape index (κ3) is 2.77. The highest BCUT2D eigenvalue weighted by molar-refractivity contribution is 6.58. The summed E-state index contributed by atoms with van der Waals surface area (Å²) in [6.07, 6.45) is 0. The van der Waals surface area contributed by atoms with Crippen molar-refractivity contribution in [3.63, 3.8) is 0 Å². The average molecular weight is 274 g/mol. The predicted octanol–water partition coefficient (Wildman–Crippen LogP) is 2.18. The van der Waals surface area contributed by atoms with Gasteiger partial charge < -0.3 is 14.8 Å². The van der Waals surface area contributed by atoms with Crippen molar-refractivity contribution in [2.24, 2.45) is 10.8 Å². The van der Waals surface area contributed by atoms with Crippen molar-refractivity contribution in [2.45, 2.75) is 34.6 Å². The molecule has 2 rings (SSSR count). The summed E-state index contributed by atoms with van der Waals surface area (Å²) in [5.74, 6) is 0.880. The third-order valence-corrected chi connectivity index (χ3v) is 3.68. The lowest BCUT2D eigenvalue weighted by Gasteiger charge is -2.30. The van der Waals surface area contributed by atoms with E-state index in [-0.39, 0.29) is 10.8 Å². The van der Waals surface area contributed by atoms with E-state index in [0.717, 1.165) is 11.3 Å². The van der Waals surface area contributed by atoms with E-state index in [4.69, 9.17) is 4.74 Å². The Morgan fingerprint density at radius 1 is 1.20 bits per heavy atom. The van der Waals surface area contributed by atoms with E-state index in [1.165, 1.54) is 5.57 Å². The van der Waals surface area contributed by atoms with Gasteiger partial charge in [-0.05, 0) is 16.5 Å². The van der Waals surface area contributed by atoms with Gasteiger partial charge in [0.1, 0.15) is 5.76 Å². The van der Waals surface area contributed by atoms with Crippen LogP contribution in [0, 0.1) is 10.8 Å². The van der Waals surface area contributed by atoms with Crippen LogP contribution in [0.1, 0.15) is 40.2 Å². The topological polar surface area (TPSA) is 49.7 Å². The van der Waals surface area contributed by atoms with E-state index in [1.807, 2.05) is 12.1 Å². The van der Waals surface area contributed by atoms with E-state index >= 15 is 0 Å². The smallest absolute Gasteiger partial charge is 0.488 e. The molecule has 4 heteroatoms. The van der Waals surface area contributed by atoms with Crippen LogP contribution in [0.3, 0.4) is 0 Å². The van der Waals surface area contributed by atoms with Gasteiger partial charge in [-0.3, -0.25) is 0 Å². The van der Waals surface area contributed by atoms with Gasteiger partial charge in [-0.25, -0.2) is 0 Å². The zero-order valence-electron chi connectivity index (χ0n) is 12.9. The van der Waals surface area contributed by atoms with E-state index in [9.17, 15) is 10.0 Å². The molecule has 1 aromatic rings. The Bertz CT molecular complexity index is 539. The molecule has 20 heavy (non-hydrogen) atoms. The van der Waals surface area contributed by atoms with Crippen LogP contribution in [0.5, 0.6) is 0 Å². The van der Waals surface area contributed by atoms with Crippen LogP contribution in [-0.2, 0) is 4.74 Å². The molecule has 0 aliphatic carbocycles. The van der Waals surface area contributed by atoms with Gasteiger partial charge in [0.05, 0.1) is 6.61 Å². The number of hydrogen-bond donors (Lipinski definition) is 2. The van der Waals surface area contributed by atoms with Crippen molar-refractivity contribution < 1.29 is 14.8 Å². The summed E-state index contributed by atoms with van der Waals surface area (Å²) in [6.45, 7) is 11.6. The maximum absolute atomic E-state index is 9.32. The fourth-order valence-corrected chi connectivity index (χ4v) is 3.13. The number of rotatable bonds is 2. The Labute approximate surface area is 121 Å². The van der Waals surface area contributed by atoms with Gasteiger partial charge in [0.15, 0.2) is 0 Å². The molecule has 108 valence electrons. The second kappa shape index (κ2) is 4.94. The minimum Gasteiger partial charge on any atom is -0.492 e. The summed E-state index contributed by atoms with van der Waals surface area (Å²) in [4.78, 5) is 0. The summed E-state index contributed by atoms with van der Waals surface area (Å²) in [7, 11) is -1.46. The molecule has 0 spiro atoms. The van der Waals surface area contributed by atoms with Crippen molar-refractivity contribution in [1.29, 1.82) is 0 Å². The molecule has 0 saturated carbocycles. The molecule has 2 N–H and O–H groups in total. The molecule has 0 atom stereocenters. The van der Waals surface area contributed by atoms with Gasteiger partial charge in [-0.15, -0.1) is 0 Å². The molecule has 0 fully saturated rings. The van der Waals surface area contributed by atoms with Gasteiger partial charge in [0.25, 0.3) is 0 Å². The van der Waals surface area contributed by atoms with Crippen LogP contribution < -0.4 is 5.46 Å². The van der Waals surface area contributed by atoms with Crippen molar-refractivity contribution in [2.75, 3.05) is 6.61 Å². The minimum atomic E-state index is -1.46. The molecule has 1 aliphatic heterocycles. The standard InChI is InChI=1S/C16H23BO3/c1-15(2,3)14-13(20-10-16(14,4)5)11-7-6-8-12(9-11)17(18)19/h6-9,18-19H,10H2,1-5H3. The molecule has 1 aliphatic rings. The first-order chi connectivity index (χ1) is 9.13. The molecule has 0 bridgehead atoms. The van der Waals surface area contributed by atoms with E-state index in [0.29, 0.717) is 12.1 Å². The molecule has 0 saturated heterocycles. The van der Waals surface area contributed by atoms with Gasteiger partial charge in [-0.1, -0.05) is 58.9 Å². The Kier molecular flexibility index (Phi) is 3.74. The van der Waals surface area contributed by atoms with E-state index in [2.05, 4.69) is 34.6 Å². The molecule has 0 unspecified atom stereocenters. The van der Waals surface area contributed by atoms with Crippen molar-refractivity contribution >= 4 is 18.3 Å². The molecular weight excluding hydrogens is 251 g/mol. The average Bonchev–Trinajstić information content (AvgIpc) is 2.65. The molecule has 0 radical (unpaired) electrons. The second-order valence-electron chi connectivity index (χ2n) is 7.13. The lowest BCUT2D eigenvalue weighted by Crippen LogP contribution is -2.30. The first-order valence-electron chi connectivity index (χ1n) is 6.97. The van der Waals surface area contributed by atoms with Crippen LogP contribution in [0.15, 0.2) is 29.8 Å². The highest BCUT2D eigenvalue weighted by atomic mass is 16.5. The second-order valence-corrected chi connectivity index (χ2v) is 7.13. The van der Waals surface area contributed by atoms with E-state index < -0.39 is 7.12 Å². The largest absolute Gasteiger partial charge is 0.492 e. The van der Waals surface area contributed by atoms with Crippen molar-refractivity contribution in [1.82, 2.24) is 0 Å². The van der Waals surface area contributed by atoms with Crippen molar-refractivity contribution in [3.05, 3.63) is 35.4 Å². The molecule has 0 aromatic heterocycles. The molecule has 1 heterocycles. The normalized spacial score (nSPS) is 18.1. The third-order valence-electron chi connectivity index (χ3n) is 3.68. The zero-order valence-corrected chi connectivity index (χ0v) is 12.9. The van der Waals surface area contributed by atoms with Crippen LogP contribution in [0.2, 0.25) is 0 Å². The summed E-state index contributed by atoms with van der Waals surface area (Å²) in [5, 5.41) is 18.6.